The van der Waals surface area contributed by atoms with Gasteiger partial charge >= 0.3 is 6.09 Å². The second-order valence-corrected chi connectivity index (χ2v) is 5.25. The van der Waals surface area contributed by atoms with Gasteiger partial charge in [0.15, 0.2) is 0 Å². The van der Waals surface area contributed by atoms with Crippen LogP contribution in [0.4, 0.5) is 4.79 Å². The zero-order valence-corrected chi connectivity index (χ0v) is 11.8. The van der Waals surface area contributed by atoms with E-state index >= 15 is 0 Å². The maximum atomic E-state index is 10.8. The van der Waals surface area contributed by atoms with Crippen molar-refractivity contribution in [3.8, 4) is 11.8 Å². The molecule has 1 aromatic rings. The fourth-order valence-corrected chi connectivity index (χ4v) is 2.40. The average Bonchev–Trinajstić information content (AvgIpc) is 2.41. The summed E-state index contributed by atoms with van der Waals surface area (Å²) in [6.07, 6.45) is 0.365. The Hall–Kier alpha value is -1.74. The maximum absolute atomic E-state index is 10.8. The molecule has 0 unspecified atom stereocenters. The molecule has 0 atom stereocenters. The summed E-state index contributed by atoms with van der Waals surface area (Å²) in [4.78, 5) is 12.2. The molecule has 5 nitrogen and oxygen atoms in total. The van der Waals surface area contributed by atoms with Crippen molar-refractivity contribution in [2.24, 2.45) is 0 Å². The van der Waals surface area contributed by atoms with Crippen LogP contribution in [0.5, 0.6) is 5.75 Å². The van der Waals surface area contributed by atoms with Crippen LogP contribution in [-0.2, 0) is 0 Å². The van der Waals surface area contributed by atoms with Crippen molar-refractivity contribution < 1.29 is 14.6 Å². The molecule has 1 amide bonds. The lowest BCUT2D eigenvalue weighted by molar-refractivity contribution is 0.0893. The summed E-state index contributed by atoms with van der Waals surface area (Å²) >= 11 is 3.31. The number of hydrogen-bond acceptors (Lipinski definition) is 3. The fraction of sp³-hybridized carbons (Fsp3) is 0.385. The van der Waals surface area contributed by atoms with Crippen LogP contribution >= 0.6 is 15.9 Å². The molecule has 1 aliphatic rings. The first-order valence-electron chi connectivity index (χ1n) is 5.94. The number of halogens is 1. The van der Waals surface area contributed by atoms with Crippen molar-refractivity contribution in [1.82, 2.24) is 4.90 Å². The quantitative estimate of drug-likeness (QED) is 0.907. The molecule has 0 radical (unpaired) electrons. The molecule has 0 saturated carbocycles. The first-order valence-corrected chi connectivity index (χ1v) is 6.73. The molecular weight excluding hydrogens is 312 g/mol. The molecule has 0 spiro atoms. The first-order chi connectivity index (χ1) is 9.10. The third kappa shape index (κ3) is 3.38. The zero-order chi connectivity index (χ0) is 13.8. The van der Waals surface area contributed by atoms with Crippen molar-refractivity contribution in [2.45, 2.75) is 18.9 Å². The molecule has 0 bridgehead atoms. The van der Waals surface area contributed by atoms with Crippen LogP contribution in [0.1, 0.15) is 18.4 Å². The summed E-state index contributed by atoms with van der Waals surface area (Å²) in [5.74, 6) is 0.555. The van der Waals surface area contributed by atoms with Crippen LogP contribution in [-0.4, -0.2) is 35.3 Å². The molecule has 1 heterocycles. The standard InChI is InChI=1S/C13H13BrN2O3/c14-10-1-2-12(9(7-10)8-15)19-11-3-5-16(6-4-11)13(17)18/h1-2,7,11H,3-6H2,(H,17,18). The van der Waals surface area contributed by atoms with E-state index in [9.17, 15) is 4.79 Å². The average molecular weight is 325 g/mol. The van der Waals surface area contributed by atoms with E-state index in [1.165, 1.54) is 4.90 Å². The van der Waals surface area contributed by atoms with Gasteiger partial charge in [0.05, 0.1) is 5.56 Å². The number of piperidine rings is 1. The van der Waals surface area contributed by atoms with Crippen LogP contribution in [0.15, 0.2) is 22.7 Å². The fourth-order valence-electron chi connectivity index (χ4n) is 2.04. The topological polar surface area (TPSA) is 73.6 Å². The van der Waals surface area contributed by atoms with Gasteiger partial charge in [0, 0.05) is 30.4 Å². The van der Waals surface area contributed by atoms with Crippen LogP contribution in [0.2, 0.25) is 0 Å². The van der Waals surface area contributed by atoms with Crippen molar-refractivity contribution in [3.05, 3.63) is 28.2 Å². The molecule has 6 heteroatoms. The van der Waals surface area contributed by atoms with Gasteiger partial charge in [-0.1, -0.05) is 15.9 Å². The third-order valence-corrected chi connectivity index (χ3v) is 3.56. The maximum Gasteiger partial charge on any atom is 0.407 e. The van der Waals surface area contributed by atoms with Gasteiger partial charge in [0.2, 0.25) is 0 Å². The highest BCUT2D eigenvalue weighted by molar-refractivity contribution is 9.10. The Bertz CT molecular complexity index is 519. The van der Waals surface area contributed by atoms with Gasteiger partial charge in [-0.05, 0) is 18.2 Å². The van der Waals surface area contributed by atoms with Crippen molar-refractivity contribution >= 4 is 22.0 Å². The van der Waals surface area contributed by atoms with E-state index in [1.54, 1.807) is 12.1 Å². The molecule has 0 aromatic heterocycles. The second kappa shape index (κ2) is 5.93. The normalized spacial score (nSPS) is 15.9. The lowest BCUT2D eigenvalue weighted by Crippen LogP contribution is -2.41. The second-order valence-electron chi connectivity index (χ2n) is 4.34. The van der Waals surface area contributed by atoms with Crippen LogP contribution in [0.25, 0.3) is 0 Å². The predicted molar refractivity (Wildman–Crippen MR) is 72.1 cm³/mol. The van der Waals surface area contributed by atoms with Gasteiger partial charge < -0.3 is 14.7 Å². The van der Waals surface area contributed by atoms with Gasteiger partial charge in [-0.3, -0.25) is 0 Å². The number of hydrogen-bond donors (Lipinski definition) is 1. The molecular formula is C13H13BrN2O3. The van der Waals surface area contributed by atoms with Crippen LogP contribution < -0.4 is 4.74 Å². The Morgan fingerprint density at radius 3 is 2.74 bits per heavy atom. The van der Waals surface area contributed by atoms with E-state index in [1.807, 2.05) is 6.07 Å². The van der Waals surface area contributed by atoms with E-state index in [4.69, 9.17) is 15.1 Å². The minimum atomic E-state index is -0.889. The Kier molecular flexibility index (Phi) is 4.27. The third-order valence-electron chi connectivity index (χ3n) is 3.07. The predicted octanol–water partition coefficient (Wildman–Crippen LogP) is 2.84. The van der Waals surface area contributed by atoms with Gasteiger partial charge in [0.25, 0.3) is 0 Å². The highest BCUT2D eigenvalue weighted by Crippen LogP contribution is 2.25. The summed E-state index contributed by atoms with van der Waals surface area (Å²) < 4.78 is 6.63. The lowest BCUT2D eigenvalue weighted by atomic mass is 10.1. The number of ether oxygens (including phenoxy) is 1. The summed E-state index contributed by atoms with van der Waals surface area (Å²) in [7, 11) is 0. The Morgan fingerprint density at radius 1 is 1.47 bits per heavy atom. The highest BCUT2D eigenvalue weighted by Gasteiger charge is 2.24. The smallest absolute Gasteiger partial charge is 0.407 e. The van der Waals surface area contributed by atoms with E-state index < -0.39 is 6.09 Å². The highest BCUT2D eigenvalue weighted by atomic mass is 79.9. The number of benzene rings is 1. The molecule has 1 aromatic carbocycles. The molecule has 1 fully saturated rings. The summed E-state index contributed by atoms with van der Waals surface area (Å²) in [6.45, 7) is 0.941. The number of nitriles is 1. The molecule has 1 aliphatic heterocycles. The summed E-state index contributed by atoms with van der Waals surface area (Å²) in [5.41, 5.74) is 0.482. The Labute approximate surface area is 119 Å². The molecule has 1 saturated heterocycles. The number of rotatable bonds is 2. The van der Waals surface area contributed by atoms with Crippen molar-refractivity contribution in [3.63, 3.8) is 0 Å². The first kappa shape index (κ1) is 13.7. The number of likely N-dealkylation sites (tertiary alicyclic amines) is 1. The van der Waals surface area contributed by atoms with Gasteiger partial charge in [-0.15, -0.1) is 0 Å². The lowest BCUT2D eigenvalue weighted by Gasteiger charge is -2.30. The van der Waals surface area contributed by atoms with E-state index in [0.717, 1.165) is 4.47 Å². The summed E-state index contributed by atoms with van der Waals surface area (Å²) in [5, 5.41) is 17.9. The molecule has 19 heavy (non-hydrogen) atoms. The number of amides is 1. The van der Waals surface area contributed by atoms with Crippen LogP contribution in [0, 0.1) is 11.3 Å². The molecule has 100 valence electrons. The molecule has 2 rings (SSSR count). The SMILES string of the molecule is N#Cc1cc(Br)ccc1OC1CCN(C(=O)O)CC1. The minimum Gasteiger partial charge on any atom is -0.489 e. The van der Waals surface area contributed by atoms with E-state index in [-0.39, 0.29) is 6.10 Å². The van der Waals surface area contributed by atoms with Gasteiger partial charge in [0.1, 0.15) is 17.9 Å². The Morgan fingerprint density at radius 2 is 2.16 bits per heavy atom. The minimum absolute atomic E-state index is 0.0381. The summed E-state index contributed by atoms with van der Waals surface area (Å²) in [6, 6.07) is 7.38. The number of carbonyl (C=O) groups is 1. The van der Waals surface area contributed by atoms with E-state index in [2.05, 4.69) is 22.0 Å². The van der Waals surface area contributed by atoms with Crippen LogP contribution in [0.3, 0.4) is 0 Å². The largest absolute Gasteiger partial charge is 0.489 e. The Balaban J connectivity index is 2.00. The van der Waals surface area contributed by atoms with Gasteiger partial charge in [-0.2, -0.15) is 5.26 Å². The van der Waals surface area contributed by atoms with Crippen molar-refractivity contribution in [2.75, 3.05) is 13.1 Å². The monoisotopic (exact) mass is 324 g/mol. The molecule has 1 N–H and O–H groups in total. The van der Waals surface area contributed by atoms with Crippen molar-refractivity contribution in [1.29, 1.82) is 5.26 Å². The number of carboxylic acid groups (broad SMARTS) is 1. The van der Waals surface area contributed by atoms with E-state index in [0.29, 0.717) is 37.2 Å². The zero-order valence-electron chi connectivity index (χ0n) is 10.2. The molecule has 0 aliphatic carbocycles. The number of nitrogens with zero attached hydrogens (tertiary/aromatic N) is 2. The van der Waals surface area contributed by atoms with Gasteiger partial charge in [-0.25, -0.2) is 4.79 Å².